The summed E-state index contributed by atoms with van der Waals surface area (Å²) >= 11 is 0. The normalized spacial score (nSPS) is 14.6. The molecule has 0 N–H and O–H groups in total. The quantitative estimate of drug-likeness (QED) is 0.618. The Balaban J connectivity index is 2.03. The van der Waals surface area contributed by atoms with Gasteiger partial charge in [-0.15, -0.1) is 0 Å². The lowest BCUT2D eigenvalue weighted by Gasteiger charge is -2.29. The first-order valence-corrected chi connectivity index (χ1v) is 7.12. The first-order valence-electron chi connectivity index (χ1n) is 7.12. The van der Waals surface area contributed by atoms with Crippen molar-refractivity contribution in [2.45, 2.75) is 6.92 Å². The number of ether oxygens (including phenoxy) is 1. The summed E-state index contributed by atoms with van der Waals surface area (Å²) in [4.78, 5) is 6.71. The van der Waals surface area contributed by atoms with Crippen LogP contribution in [0.15, 0.2) is 30.6 Å². The average molecular weight is 296 g/mol. The van der Waals surface area contributed by atoms with Crippen molar-refractivity contribution in [2.24, 2.45) is 0 Å². The molecule has 0 spiro atoms. The zero-order valence-corrected chi connectivity index (χ0v) is 12.3. The second kappa shape index (κ2) is 6.00. The number of aryl methyl sites for hydroxylation is 1. The third-order valence-electron chi connectivity index (χ3n) is 3.74. The number of nitriles is 1. The molecule has 1 aliphatic heterocycles. The lowest BCUT2D eigenvalue weighted by molar-refractivity contribution is -0.605. The minimum absolute atomic E-state index is 0.543. The Kier molecular flexibility index (Phi) is 3.90. The molecule has 6 heteroatoms. The van der Waals surface area contributed by atoms with E-state index in [9.17, 15) is 10.5 Å². The molecule has 0 aromatic carbocycles. The van der Waals surface area contributed by atoms with E-state index >= 15 is 0 Å². The van der Waals surface area contributed by atoms with E-state index in [0.29, 0.717) is 24.6 Å². The number of morpholine rings is 1. The molecule has 0 amide bonds. The molecule has 0 saturated carbocycles. The standard InChI is InChI=1S/C16H16N4O2/c1-12-15(13-2-4-20(21)5-3-13)10-14(11-17)16(18-12)19-6-8-22-9-7-19/h2-5,10H,6-9H2,1H3. The predicted molar refractivity (Wildman–Crippen MR) is 81.1 cm³/mol. The van der Waals surface area contributed by atoms with Crippen LogP contribution in [0.1, 0.15) is 11.3 Å². The number of hydrogen-bond acceptors (Lipinski definition) is 5. The molecule has 0 unspecified atom stereocenters. The van der Waals surface area contributed by atoms with Gasteiger partial charge in [-0.1, -0.05) is 0 Å². The highest BCUT2D eigenvalue weighted by Gasteiger charge is 2.18. The fourth-order valence-electron chi connectivity index (χ4n) is 2.58. The molecule has 1 aliphatic rings. The van der Waals surface area contributed by atoms with Gasteiger partial charge in [0.2, 0.25) is 0 Å². The Labute approximate surface area is 128 Å². The van der Waals surface area contributed by atoms with Gasteiger partial charge in [-0.25, -0.2) is 4.98 Å². The fraction of sp³-hybridized carbons (Fsp3) is 0.312. The molecule has 0 aliphatic carbocycles. The summed E-state index contributed by atoms with van der Waals surface area (Å²) in [5, 5.41) is 20.6. The van der Waals surface area contributed by atoms with Crippen molar-refractivity contribution in [1.29, 1.82) is 5.26 Å². The van der Waals surface area contributed by atoms with Crippen LogP contribution in [0.5, 0.6) is 0 Å². The minimum atomic E-state index is 0.543. The third kappa shape index (κ3) is 2.71. The van der Waals surface area contributed by atoms with Crippen LogP contribution in [0, 0.1) is 23.5 Å². The van der Waals surface area contributed by atoms with Crippen molar-refractivity contribution in [2.75, 3.05) is 31.2 Å². The van der Waals surface area contributed by atoms with E-state index in [0.717, 1.165) is 34.6 Å². The Hall–Kier alpha value is -2.65. The molecule has 0 atom stereocenters. The summed E-state index contributed by atoms with van der Waals surface area (Å²) in [6, 6.07) is 7.53. The Bertz CT molecular complexity index is 716. The van der Waals surface area contributed by atoms with Gasteiger partial charge in [0.05, 0.1) is 18.8 Å². The van der Waals surface area contributed by atoms with Gasteiger partial charge in [0.1, 0.15) is 11.9 Å². The second-order valence-corrected chi connectivity index (χ2v) is 5.15. The van der Waals surface area contributed by atoms with Crippen LogP contribution in [0.3, 0.4) is 0 Å². The topological polar surface area (TPSA) is 76.1 Å². The summed E-state index contributed by atoms with van der Waals surface area (Å²) < 4.78 is 6.08. The lowest BCUT2D eigenvalue weighted by atomic mass is 10.0. The summed E-state index contributed by atoms with van der Waals surface area (Å²) in [6.45, 7) is 4.69. The molecule has 22 heavy (non-hydrogen) atoms. The SMILES string of the molecule is Cc1nc(N2CCOCC2)c(C#N)cc1-c1cc[n+]([O-])cc1. The van der Waals surface area contributed by atoms with Crippen LogP contribution in [0.2, 0.25) is 0 Å². The summed E-state index contributed by atoms with van der Waals surface area (Å²) in [7, 11) is 0. The maximum absolute atomic E-state index is 11.2. The van der Waals surface area contributed by atoms with Crippen LogP contribution in [-0.4, -0.2) is 31.3 Å². The lowest BCUT2D eigenvalue weighted by Crippen LogP contribution is -2.37. The summed E-state index contributed by atoms with van der Waals surface area (Å²) in [6.07, 6.45) is 2.88. The summed E-state index contributed by atoms with van der Waals surface area (Å²) in [5.74, 6) is 0.710. The minimum Gasteiger partial charge on any atom is -0.619 e. The van der Waals surface area contributed by atoms with Gasteiger partial charge < -0.3 is 14.8 Å². The molecule has 0 bridgehead atoms. The zero-order chi connectivity index (χ0) is 15.5. The van der Waals surface area contributed by atoms with Crippen LogP contribution >= 0.6 is 0 Å². The molecule has 0 radical (unpaired) electrons. The van der Waals surface area contributed by atoms with Gasteiger partial charge >= 0.3 is 0 Å². The highest BCUT2D eigenvalue weighted by atomic mass is 16.5. The second-order valence-electron chi connectivity index (χ2n) is 5.15. The van der Waals surface area contributed by atoms with Gasteiger partial charge in [0.15, 0.2) is 12.4 Å². The average Bonchev–Trinajstić information content (AvgIpc) is 2.56. The molecule has 3 heterocycles. The molecule has 3 rings (SSSR count). The molecular weight excluding hydrogens is 280 g/mol. The van der Waals surface area contributed by atoms with E-state index in [1.807, 2.05) is 13.0 Å². The number of pyridine rings is 2. The van der Waals surface area contributed by atoms with Crippen LogP contribution in [-0.2, 0) is 4.74 Å². The molecule has 112 valence electrons. The van der Waals surface area contributed by atoms with Gasteiger partial charge in [0.25, 0.3) is 0 Å². The maximum Gasteiger partial charge on any atom is 0.180 e. The molecule has 1 saturated heterocycles. The molecule has 2 aromatic heterocycles. The first kappa shape index (κ1) is 14.3. The van der Waals surface area contributed by atoms with Crippen molar-refractivity contribution in [3.8, 4) is 17.2 Å². The smallest absolute Gasteiger partial charge is 0.180 e. The van der Waals surface area contributed by atoms with Gasteiger partial charge in [0, 0.05) is 36.5 Å². The van der Waals surface area contributed by atoms with Crippen molar-refractivity contribution < 1.29 is 9.47 Å². The van der Waals surface area contributed by atoms with Crippen LogP contribution in [0.4, 0.5) is 5.82 Å². The van der Waals surface area contributed by atoms with E-state index in [4.69, 9.17) is 4.74 Å². The van der Waals surface area contributed by atoms with E-state index in [1.165, 1.54) is 12.4 Å². The van der Waals surface area contributed by atoms with E-state index in [2.05, 4.69) is 16.0 Å². The van der Waals surface area contributed by atoms with Crippen molar-refractivity contribution >= 4 is 5.82 Å². The van der Waals surface area contributed by atoms with Gasteiger partial charge in [-0.3, -0.25) is 0 Å². The Morgan fingerprint density at radius 3 is 2.64 bits per heavy atom. The zero-order valence-electron chi connectivity index (χ0n) is 12.3. The van der Waals surface area contributed by atoms with E-state index in [-0.39, 0.29) is 0 Å². The Morgan fingerprint density at radius 1 is 1.32 bits per heavy atom. The van der Waals surface area contributed by atoms with Crippen LogP contribution < -0.4 is 9.63 Å². The number of rotatable bonds is 2. The largest absolute Gasteiger partial charge is 0.619 e. The number of nitrogens with zero attached hydrogens (tertiary/aromatic N) is 4. The van der Waals surface area contributed by atoms with Crippen LogP contribution in [0.25, 0.3) is 11.1 Å². The predicted octanol–water partition coefficient (Wildman–Crippen LogP) is 1.40. The molecule has 2 aromatic rings. The third-order valence-corrected chi connectivity index (χ3v) is 3.74. The maximum atomic E-state index is 11.2. The monoisotopic (exact) mass is 296 g/mol. The van der Waals surface area contributed by atoms with Gasteiger partial charge in [-0.2, -0.15) is 9.99 Å². The fourth-order valence-corrected chi connectivity index (χ4v) is 2.58. The highest BCUT2D eigenvalue weighted by Crippen LogP contribution is 2.28. The van der Waals surface area contributed by atoms with E-state index in [1.54, 1.807) is 12.1 Å². The van der Waals surface area contributed by atoms with Gasteiger partial charge in [-0.05, 0) is 18.6 Å². The Morgan fingerprint density at radius 2 is 2.00 bits per heavy atom. The molecular formula is C16H16N4O2. The van der Waals surface area contributed by atoms with Crippen molar-refractivity contribution in [3.05, 3.63) is 47.1 Å². The van der Waals surface area contributed by atoms with Crippen molar-refractivity contribution in [1.82, 2.24) is 4.98 Å². The van der Waals surface area contributed by atoms with E-state index < -0.39 is 0 Å². The van der Waals surface area contributed by atoms with Crippen molar-refractivity contribution in [3.63, 3.8) is 0 Å². The first-order chi connectivity index (χ1) is 10.7. The number of aromatic nitrogens is 2. The molecule has 6 nitrogen and oxygen atoms in total. The highest BCUT2D eigenvalue weighted by molar-refractivity contribution is 5.70. The molecule has 1 fully saturated rings. The number of anilines is 1. The number of hydrogen-bond donors (Lipinski definition) is 0. The summed E-state index contributed by atoms with van der Waals surface area (Å²) in [5.41, 5.74) is 3.13.